The van der Waals surface area contributed by atoms with Gasteiger partial charge in [-0.15, -0.1) is 0 Å². The zero-order valence-corrected chi connectivity index (χ0v) is 16.3. The summed E-state index contributed by atoms with van der Waals surface area (Å²) in [6, 6.07) is 2.31. The van der Waals surface area contributed by atoms with Crippen molar-refractivity contribution in [1.82, 2.24) is 0 Å². The summed E-state index contributed by atoms with van der Waals surface area (Å²) in [6.07, 6.45) is 9.75. The van der Waals surface area contributed by atoms with Gasteiger partial charge in [-0.25, -0.2) is 0 Å². The minimum atomic E-state index is -2.20. The summed E-state index contributed by atoms with van der Waals surface area (Å²) >= 11 is -2.20. The van der Waals surface area contributed by atoms with Crippen molar-refractivity contribution in [3.8, 4) is 6.07 Å². The first kappa shape index (κ1) is 19.0. The third-order valence-corrected chi connectivity index (χ3v) is 20.5. The van der Waals surface area contributed by atoms with Gasteiger partial charge in [0.2, 0.25) is 0 Å². The van der Waals surface area contributed by atoms with Gasteiger partial charge >= 0.3 is 125 Å². The van der Waals surface area contributed by atoms with Gasteiger partial charge in [-0.3, -0.25) is 0 Å². The van der Waals surface area contributed by atoms with E-state index in [1.165, 1.54) is 51.8 Å². The summed E-state index contributed by atoms with van der Waals surface area (Å²) in [5.74, 6) is 0. The second-order valence-corrected chi connectivity index (χ2v) is 19.5. The standard InChI is InChI=1S/C5H6N.3C4H9.Sn/c1-2-3-4-5-6;3*1-3-4-2;/h1,3-4H2;3*1,3-4H2,2H3;. The molecule has 0 rings (SSSR count). The Morgan fingerprint density at radius 1 is 0.947 bits per heavy atom. The van der Waals surface area contributed by atoms with Crippen molar-refractivity contribution in [2.75, 3.05) is 0 Å². The number of nitrogens with zero attached hydrogens (tertiary/aromatic N) is 1. The van der Waals surface area contributed by atoms with E-state index in [4.69, 9.17) is 5.26 Å². The molecule has 0 aliphatic heterocycles. The number of hydrogen-bond acceptors (Lipinski definition) is 1. The van der Waals surface area contributed by atoms with E-state index in [0.717, 1.165) is 6.42 Å². The molecule has 0 saturated carbocycles. The molecule has 0 bridgehead atoms. The summed E-state index contributed by atoms with van der Waals surface area (Å²) < 4.78 is 6.01. The summed E-state index contributed by atoms with van der Waals surface area (Å²) in [5, 5.41) is 8.84. The maximum atomic E-state index is 8.84. The number of hydrogen-bond donors (Lipinski definition) is 0. The molecule has 0 N–H and O–H groups in total. The fourth-order valence-electron chi connectivity index (χ4n) is 2.92. The molecular weight excluding hydrogens is 337 g/mol. The molecule has 0 aliphatic carbocycles. The molecule has 1 nitrogen and oxygen atoms in total. The van der Waals surface area contributed by atoms with Gasteiger partial charge < -0.3 is 0 Å². The molecule has 19 heavy (non-hydrogen) atoms. The van der Waals surface area contributed by atoms with Crippen molar-refractivity contribution < 1.29 is 0 Å². The summed E-state index contributed by atoms with van der Waals surface area (Å²) in [7, 11) is 0. The van der Waals surface area contributed by atoms with Gasteiger partial charge in [-0.2, -0.15) is 0 Å². The monoisotopic (exact) mass is 371 g/mol. The third-order valence-electron chi connectivity index (χ3n) is 4.32. The van der Waals surface area contributed by atoms with Crippen LogP contribution in [0.4, 0.5) is 0 Å². The van der Waals surface area contributed by atoms with Gasteiger partial charge in [-0.05, 0) is 0 Å². The molecule has 0 aromatic heterocycles. The van der Waals surface area contributed by atoms with Gasteiger partial charge in [0, 0.05) is 0 Å². The molecule has 0 heterocycles. The van der Waals surface area contributed by atoms with E-state index in [9.17, 15) is 0 Å². The zero-order chi connectivity index (χ0) is 14.6. The normalized spacial score (nSPS) is 11.3. The van der Waals surface area contributed by atoms with E-state index in [-0.39, 0.29) is 0 Å². The van der Waals surface area contributed by atoms with Crippen molar-refractivity contribution in [3.63, 3.8) is 0 Å². The second kappa shape index (κ2) is 11.8. The van der Waals surface area contributed by atoms with Crippen molar-refractivity contribution in [3.05, 3.63) is 10.2 Å². The fourth-order valence-corrected chi connectivity index (χ4v) is 18.8. The Morgan fingerprint density at radius 2 is 1.37 bits per heavy atom. The topological polar surface area (TPSA) is 23.8 Å². The molecule has 0 radical (unpaired) electrons. The minimum absolute atomic E-state index is 0.682. The second-order valence-electron chi connectivity index (χ2n) is 5.85. The van der Waals surface area contributed by atoms with Crippen LogP contribution in [0.1, 0.15) is 72.1 Å². The van der Waals surface area contributed by atoms with Crippen LogP contribution < -0.4 is 0 Å². The van der Waals surface area contributed by atoms with Gasteiger partial charge in [0.1, 0.15) is 0 Å². The van der Waals surface area contributed by atoms with E-state index in [1.807, 2.05) is 0 Å². The van der Waals surface area contributed by atoms with Crippen LogP contribution in [0.2, 0.25) is 13.3 Å². The van der Waals surface area contributed by atoms with Crippen molar-refractivity contribution in [1.29, 1.82) is 5.26 Å². The number of allylic oxidation sites excluding steroid dienone is 1. The molecule has 0 fully saturated rings. The summed E-state index contributed by atoms with van der Waals surface area (Å²) in [6.45, 7) is 11.4. The summed E-state index contributed by atoms with van der Waals surface area (Å²) in [4.78, 5) is 0. The van der Waals surface area contributed by atoms with E-state index < -0.39 is 18.4 Å². The Balaban J connectivity index is 4.85. The van der Waals surface area contributed by atoms with Gasteiger partial charge in [0.25, 0.3) is 0 Å². The average molecular weight is 370 g/mol. The molecule has 0 unspecified atom stereocenters. The Labute approximate surface area is 125 Å². The number of unbranched alkanes of at least 4 members (excludes halogenated alkanes) is 3. The van der Waals surface area contributed by atoms with Crippen LogP contribution in [-0.2, 0) is 0 Å². The zero-order valence-electron chi connectivity index (χ0n) is 13.4. The SMILES string of the molecule is C=[C](CCC#N)[Sn]([CH2]CCC)([CH2]CCC)[CH2]CCC. The predicted molar refractivity (Wildman–Crippen MR) is 88.9 cm³/mol. The van der Waals surface area contributed by atoms with E-state index in [1.54, 1.807) is 3.59 Å². The van der Waals surface area contributed by atoms with Crippen LogP contribution in [0, 0.1) is 11.3 Å². The molecule has 0 aromatic carbocycles. The third kappa shape index (κ3) is 7.39. The maximum absolute atomic E-state index is 8.84. The first-order valence-electron chi connectivity index (χ1n) is 8.22. The average Bonchev–Trinajstić information content (AvgIpc) is 2.44. The van der Waals surface area contributed by atoms with Crippen molar-refractivity contribution in [2.45, 2.75) is 85.4 Å². The number of nitriles is 1. The number of rotatable bonds is 12. The predicted octanol–water partition coefficient (Wildman–Crippen LogP) is 6.23. The molecule has 0 spiro atoms. The van der Waals surface area contributed by atoms with Crippen molar-refractivity contribution in [2.24, 2.45) is 0 Å². The van der Waals surface area contributed by atoms with Crippen LogP contribution in [0.15, 0.2) is 10.2 Å². The molecule has 0 aliphatic rings. The molecule has 110 valence electrons. The Bertz CT molecular complexity index is 256. The quantitative estimate of drug-likeness (QED) is 0.374. The Hall–Kier alpha value is 0.0287. The molecule has 0 aromatic rings. The first-order valence-corrected chi connectivity index (χ1v) is 15.7. The fraction of sp³-hybridized carbons (Fsp3) is 0.824. The van der Waals surface area contributed by atoms with Gasteiger partial charge in [-0.1, -0.05) is 0 Å². The van der Waals surface area contributed by atoms with Crippen LogP contribution in [0.25, 0.3) is 0 Å². The van der Waals surface area contributed by atoms with Crippen LogP contribution in [0.3, 0.4) is 0 Å². The first-order chi connectivity index (χ1) is 9.16. The molecule has 0 saturated heterocycles. The van der Waals surface area contributed by atoms with Crippen molar-refractivity contribution >= 4 is 18.4 Å². The molecule has 2 heteroatoms. The van der Waals surface area contributed by atoms with E-state index >= 15 is 0 Å². The van der Waals surface area contributed by atoms with Crippen LogP contribution in [0.5, 0.6) is 0 Å². The Morgan fingerprint density at radius 3 is 1.68 bits per heavy atom. The van der Waals surface area contributed by atoms with E-state index in [0.29, 0.717) is 6.42 Å². The molecule has 0 atom stereocenters. The van der Waals surface area contributed by atoms with Gasteiger partial charge in [0.15, 0.2) is 0 Å². The van der Waals surface area contributed by atoms with Crippen LogP contribution in [-0.4, -0.2) is 18.4 Å². The van der Waals surface area contributed by atoms with Crippen LogP contribution >= 0.6 is 0 Å². The Kier molecular flexibility index (Phi) is 11.8. The van der Waals surface area contributed by atoms with Gasteiger partial charge in [0.05, 0.1) is 0 Å². The summed E-state index contributed by atoms with van der Waals surface area (Å²) in [5.41, 5.74) is 0. The van der Waals surface area contributed by atoms with E-state index in [2.05, 4.69) is 33.4 Å². The molecule has 0 amide bonds. The molecular formula is C17H33NSn.